The molecule has 7 N–H and O–H groups in total. The number of fused-ring (bicyclic) bond motifs is 1. The zero-order valence-corrected chi connectivity index (χ0v) is 14.7. The monoisotopic (exact) mass is 388 g/mol. The van der Waals surface area contributed by atoms with Crippen molar-refractivity contribution in [3.05, 3.63) is 59.3 Å². The largest absolute Gasteiger partial charge is 0.477 e. The van der Waals surface area contributed by atoms with Crippen LogP contribution in [-0.4, -0.2) is 25.5 Å². The summed E-state index contributed by atoms with van der Waals surface area (Å²) in [6.45, 7) is 0. The van der Waals surface area contributed by atoms with Crippen molar-refractivity contribution in [2.45, 2.75) is 11.3 Å². The van der Waals surface area contributed by atoms with Crippen LogP contribution >= 0.6 is 0 Å². The first-order valence-corrected chi connectivity index (χ1v) is 9.26. The second kappa shape index (κ2) is 6.74. The SMILES string of the molecule is NC(=O)Nc1cc(C2=C(C(=O)O)Nc3ccccc3C2)ccc1S(N)(=O)=O. The Balaban J connectivity index is 2.16. The summed E-state index contributed by atoms with van der Waals surface area (Å²) in [6, 6.07) is 10.2. The molecule has 2 aromatic carbocycles. The molecule has 1 aliphatic heterocycles. The van der Waals surface area contributed by atoms with Crippen molar-refractivity contribution >= 4 is 39.0 Å². The lowest BCUT2D eigenvalue weighted by Crippen LogP contribution is -2.23. The Hall–Kier alpha value is -3.37. The molecule has 2 aromatic rings. The van der Waals surface area contributed by atoms with Crippen LogP contribution in [0.2, 0.25) is 0 Å². The van der Waals surface area contributed by atoms with Gasteiger partial charge in [0, 0.05) is 12.1 Å². The topological polar surface area (TPSA) is 165 Å². The number of carboxylic acids is 1. The Kier molecular flexibility index (Phi) is 4.60. The van der Waals surface area contributed by atoms with Gasteiger partial charge in [-0.2, -0.15) is 0 Å². The number of sulfonamides is 1. The first kappa shape index (κ1) is 18.4. The Morgan fingerprint density at radius 3 is 2.48 bits per heavy atom. The van der Waals surface area contributed by atoms with Crippen molar-refractivity contribution in [2.75, 3.05) is 10.6 Å². The summed E-state index contributed by atoms with van der Waals surface area (Å²) in [7, 11) is -4.12. The minimum atomic E-state index is -4.12. The number of anilines is 2. The van der Waals surface area contributed by atoms with Gasteiger partial charge in [-0.3, -0.25) is 0 Å². The minimum Gasteiger partial charge on any atom is -0.477 e. The number of rotatable bonds is 4. The van der Waals surface area contributed by atoms with Crippen molar-refractivity contribution < 1.29 is 23.1 Å². The number of carboxylic acid groups (broad SMARTS) is 1. The highest BCUT2D eigenvalue weighted by Crippen LogP contribution is 2.35. The second-order valence-corrected chi connectivity index (χ2v) is 7.39. The fraction of sp³-hybridized carbons (Fsp3) is 0.0588. The molecule has 0 aliphatic carbocycles. The number of hydrogen-bond donors (Lipinski definition) is 5. The van der Waals surface area contributed by atoms with Crippen LogP contribution in [-0.2, 0) is 21.2 Å². The lowest BCUT2D eigenvalue weighted by atomic mass is 9.92. The summed E-state index contributed by atoms with van der Waals surface area (Å²) in [5, 5.41) is 19.8. The maximum Gasteiger partial charge on any atom is 0.352 e. The molecule has 0 aromatic heterocycles. The van der Waals surface area contributed by atoms with E-state index in [1.54, 1.807) is 12.1 Å². The van der Waals surface area contributed by atoms with Gasteiger partial charge < -0.3 is 21.5 Å². The van der Waals surface area contributed by atoms with Gasteiger partial charge >= 0.3 is 12.0 Å². The third-order valence-corrected chi connectivity index (χ3v) is 5.02. The van der Waals surface area contributed by atoms with Crippen molar-refractivity contribution in [3.8, 4) is 0 Å². The third-order valence-electron chi connectivity index (χ3n) is 4.05. The van der Waals surface area contributed by atoms with Crippen LogP contribution in [0.25, 0.3) is 5.57 Å². The van der Waals surface area contributed by atoms with E-state index in [1.807, 2.05) is 12.1 Å². The Morgan fingerprint density at radius 2 is 1.85 bits per heavy atom. The van der Waals surface area contributed by atoms with E-state index in [-0.39, 0.29) is 16.3 Å². The normalized spacial score (nSPS) is 13.5. The number of carbonyl (C=O) groups is 2. The summed E-state index contributed by atoms with van der Waals surface area (Å²) in [4.78, 5) is 22.6. The van der Waals surface area contributed by atoms with E-state index in [0.717, 1.165) is 5.56 Å². The van der Waals surface area contributed by atoms with Crippen LogP contribution in [0.3, 0.4) is 0 Å². The third kappa shape index (κ3) is 3.76. The molecular weight excluding hydrogens is 372 g/mol. The zero-order chi connectivity index (χ0) is 19.8. The Bertz CT molecular complexity index is 1090. The molecule has 0 fully saturated rings. The molecule has 3 rings (SSSR count). The molecule has 0 unspecified atom stereocenters. The predicted octanol–water partition coefficient (Wildman–Crippen LogP) is 1.29. The molecule has 2 amide bonds. The van der Waals surface area contributed by atoms with Crippen molar-refractivity contribution in [3.63, 3.8) is 0 Å². The average molecular weight is 388 g/mol. The number of hydrogen-bond acceptors (Lipinski definition) is 5. The number of primary sulfonamides is 1. The molecule has 9 nitrogen and oxygen atoms in total. The summed E-state index contributed by atoms with van der Waals surface area (Å²) >= 11 is 0. The smallest absolute Gasteiger partial charge is 0.352 e. The van der Waals surface area contributed by atoms with Crippen LogP contribution in [0.15, 0.2) is 53.1 Å². The highest BCUT2D eigenvalue weighted by molar-refractivity contribution is 7.89. The maximum absolute atomic E-state index is 11.7. The molecule has 0 bridgehead atoms. The summed E-state index contributed by atoms with van der Waals surface area (Å²) in [5.41, 5.74) is 7.32. The number of nitrogens with one attached hydrogen (secondary N) is 2. The Morgan fingerprint density at radius 1 is 1.15 bits per heavy atom. The van der Waals surface area contributed by atoms with Gasteiger partial charge in [0.15, 0.2) is 0 Å². The molecule has 1 heterocycles. The number of amides is 2. The zero-order valence-electron chi connectivity index (χ0n) is 13.9. The molecule has 0 saturated carbocycles. The number of nitrogens with two attached hydrogens (primary N) is 2. The fourth-order valence-electron chi connectivity index (χ4n) is 2.91. The van der Waals surface area contributed by atoms with E-state index < -0.39 is 22.0 Å². The lowest BCUT2D eigenvalue weighted by Gasteiger charge is -2.23. The van der Waals surface area contributed by atoms with Gasteiger partial charge in [0.1, 0.15) is 10.6 Å². The van der Waals surface area contributed by atoms with Crippen LogP contribution in [0.5, 0.6) is 0 Å². The van der Waals surface area contributed by atoms with Gasteiger partial charge in [0.05, 0.1) is 5.69 Å². The van der Waals surface area contributed by atoms with Crippen LogP contribution in [0.4, 0.5) is 16.2 Å². The van der Waals surface area contributed by atoms with E-state index in [4.69, 9.17) is 10.9 Å². The van der Waals surface area contributed by atoms with E-state index in [0.29, 0.717) is 23.2 Å². The van der Waals surface area contributed by atoms with Gasteiger partial charge in [0.2, 0.25) is 10.0 Å². The van der Waals surface area contributed by atoms with Gasteiger partial charge in [-0.25, -0.2) is 23.1 Å². The molecule has 27 heavy (non-hydrogen) atoms. The molecule has 0 spiro atoms. The Labute approximate surface area is 154 Å². The van der Waals surface area contributed by atoms with Crippen molar-refractivity contribution in [1.82, 2.24) is 0 Å². The highest BCUT2D eigenvalue weighted by Gasteiger charge is 2.25. The van der Waals surface area contributed by atoms with Gasteiger partial charge in [-0.1, -0.05) is 24.3 Å². The number of allylic oxidation sites excluding steroid dienone is 1. The molecule has 0 atom stereocenters. The van der Waals surface area contributed by atoms with E-state index >= 15 is 0 Å². The lowest BCUT2D eigenvalue weighted by molar-refractivity contribution is -0.132. The molecular formula is C17H16N4O5S. The number of urea groups is 1. The molecule has 10 heteroatoms. The van der Waals surface area contributed by atoms with Gasteiger partial charge in [-0.05, 0) is 34.9 Å². The molecule has 1 aliphatic rings. The fourth-order valence-corrected chi connectivity index (χ4v) is 3.58. The van der Waals surface area contributed by atoms with E-state index in [9.17, 15) is 23.1 Å². The summed E-state index contributed by atoms with van der Waals surface area (Å²) in [5.74, 6) is -1.17. The van der Waals surface area contributed by atoms with Crippen LogP contribution in [0.1, 0.15) is 11.1 Å². The number of benzene rings is 2. The van der Waals surface area contributed by atoms with Crippen molar-refractivity contribution in [2.24, 2.45) is 10.9 Å². The number of primary amides is 1. The van der Waals surface area contributed by atoms with Crippen molar-refractivity contribution in [1.29, 1.82) is 0 Å². The van der Waals surface area contributed by atoms with Gasteiger partial charge in [0.25, 0.3) is 0 Å². The first-order valence-electron chi connectivity index (χ1n) is 7.72. The summed E-state index contributed by atoms with van der Waals surface area (Å²) in [6.07, 6.45) is 0.301. The number of carbonyl (C=O) groups excluding carboxylic acids is 1. The van der Waals surface area contributed by atoms with E-state index in [2.05, 4.69) is 10.6 Å². The predicted molar refractivity (Wildman–Crippen MR) is 99.3 cm³/mol. The van der Waals surface area contributed by atoms with Crippen LogP contribution < -0.4 is 21.5 Å². The molecule has 140 valence electrons. The summed E-state index contributed by atoms with van der Waals surface area (Å²) < 4.78 is 23.5. The molecule has 0 radical (unpaired) electrons. The highest BCUT2D eigenvalue weighted by atomic mass is 32.2. The minimum absolute atomic E-state index is 0.0397. The van der Waals surface area contributed by atoms with Gasteiger partial charge in [-0.15, -0.1) is 0 Å². The van der Waals surface area contributed by atoms with Crippen LogP contribution in [0, 0.1) is 0 Å². The quantitative estimate of drug-likeness (QED) is 0.529. The number of para-hydroxylation sites is 1. The number of aliphatic carboxylic acids is 1. The standard InChI is InChI=1S/C17H16N4O5S/c18-17(24)21-13-8-9(5-6-14(13)27(19,25)26)11-7-10-3-1-2-4-12(10)20-15(11)16(22)23/h1-6,8,20H,7H2,(H,22,23)(H3,18,21,24)(H2,19,25,26). The first-order chi connectivity index (χ1) is 12.7. The average Bonchev–Trinajstić information content (AvgIpc) is 2.59. The molecule has 0 saturated heterocycles. The second-order valence-electron chi connectivity index (χ2n) is 5.86. The maximum atomic E-state index is 11.7. The van der Waals surface area contributed by atoms with E-state index in [1.165, 1.54) is 18.2 Å².